The Kier molecular flexibility index (Phi) is 47.8. The van der Waals surface area contributed by atoms with Crippen molar-refractivity contribution in [2.24, 2.45) is 11.8 Å². The molecule has 0 bridgehead atoms. The van der Waals surface area contributed by atoms with E-state index in [1.165, 1.54) is 12.8 Å². The van der Waals surface area contributed by atoms with Gasteiger partial charge in [-0.15, -0.1) is 0 Å². The fourth-order valence-corrected chi connectivity index (χ4v) is 2.15. The first-order valence-electron chi connectivity index (χ1n) is 10.6. The van der Waals surface area contributed by atoms with Crippen molar-refractivity contribution in [3.8, 4) is 0 Å². The summed E-state index contributed by atoms with van der Waals surface area (Å²) >= 11 is 0. The van der Waals surface area contributed by atoms with Crippen LogP contribution in [0.2, 0.25) is 0 Å². The van der Waals surface area contributed by atoms with Gasteiger partial charge in [-0.1, -0.05) is 92.9 Å². The van der Waals surface area contributed by atoms with Gasteiger partial charge in [0.2, 0.25) is 0 Å². The molecule has 29 heavy (non-hydrogen) atoms. The first-order chi connectivity index (χ1) is 13.5. The summed E-state index contributed by atoms with van der Waals surface area (Å²) in [5, 5.41) is 18.0. The maximum atomic E-state index is 7.75. The predicted octanol–water partition coefficient (Wildman–Crippen LogP) is 6.52. The van der Waals surface area contributed by atoms with Gasteiger partial charge < -0.3 is 30.9 Å². The van der Waals surface area contributed by atoms with Crippen molar-refractivity contribution in [3.05, 3.63) is 21.3 Å². The van der Waals surface area contributed by atoms with Crippen molar-refractivity contribution in [2.75, 3.05) is 26.2 Å². The van der Waals surface area contributed by atoms with Crippen LogP contribution in [0.15, 0.2) is 0 Å². The minimum absolute atomic E-state index is 0. The van der Waals surface area contributed by atoms with Gasteiger partial charge in [0, 0.05) is 0 Å². The second-order valence-corrected chi connectivity index (χ2v) is 6.41. The smallest absolute Gasteiger partial charge is 0.678 e. The molecule has 0 rings (SSSR count). The van der Waals surface area contributed by atoms with Gasteiger partial charge in [0.05, 0.1) is 0 Å². The molecule has 0 aromatic rings. The average molecular weight is 500 g/mol. The number of hydrogen-bond donors (Lipinski definition) is 0. The fraction of sp³-hybridized carbons (Fsp3) is 0.909. The Labute approximate surface area is 195 Å². The quantitative estimate of drug-likeness (QED) is 0.155. The normalized spacial score (nSPS) is 13.5. The summed E-state index contributed by atoms with van der Waals surface area (Å²) in [7, 11) is 0. The summed E-state index contributed by atoms with van der Waals surface area (Å²) in [5.41, 5.74) is 0. The van der Waals surface area contributed by atoms with E-state index < -0.39 is 0 Å². The Bertz CT molecular complexity index is 251. The Morgan fingerprint density at radius 2 is 0.862 bits per heavy atom. The van der Waals surface area contributed by atoms with Crippen molar-refractivity contribution in [2.45, 2.75) is 93.4 Å². The van der Waals surface area contributed by atoms with Crippen LogP contribution in [-0.4, -0.2) is 52.1 Å². The number of nitrogens with zero attached hydrogens (tertiary/aromatic N) is 4. The van der Waals surface area contributed by atoms with E-state index in [9.17, 15) is 0 Å². The first kappa shape index (κ1) is 39.3. The van der Waals surface area contributed by atoms with Gasteiger partial charge >= 0.3 is 19.5 Å². The third-order valence-corrected chi connectivity index (χ3v) is 4.12. The number of hydrogen-bond acceptors (Lipinski definition) is 2. The van der Waals surface area contributed by atoms with E-state index in [-0.39, 0.29) is 31.8 Å². The van der Waals surface area contributed by atoms with Gasteiger partial charge in [-0.2, -0.15) is 26.2 Å². The summed E-state index contributed by atoms with van der Waals surface area (Å²) in [6.45, 7) is 27.5. The molecule has 0 aromatic carbocycles. The molecule has 0 aromatic heterocycles. The molecule has 6 nitrogen and oxygen atoms in total. The van der Waals surface area contributed by atoms with E-state index in [1.807, 2.05) is 0 Å². The van der Waals surface area contributed by atoms with Gasteiger partial charge in [0.1, 0.15) is 0 Å². The molecule has 174 valence electrons. The molecule has 0 radical (unpaired) electrons. The predicted molar refractivity (Wildman–Crippen MR) is 125 cm³/mol. The van der Waals surface area contributed by atoms with Crippen molar-refractivity contribution in [1.82, 2.24) is 0 Å². The Balaban J connectivity index is -0.000000109. The molecule has 0 heterocycles. The van der Waals surface area contributed by atoms with E-state index in [0.29, 0.717) is 11.8 Å². The summed E-state index contributed by atoms with van der Waals surface area (Å²) in [6.07, 6.45) is 5.10. The van der Waals surface area contributed by atoms with Crippen LogP contribution in [0.3, 0.4) is 0 Å². The third kappa shape index (κ3) is 27.8. The van der Waals surface area contributed by atoms with Crippen LogP contribution in [0.1, 0.15) is 81.1 Å². The van der Waals surface area contributed by atoms with Gasteiger partial charge in [0.15, 0.2) is 0 Å². The SMILES string of the molecule is CCC[N-]C([N-]CC)C(C)CC.CCC[N-]C([N-]CC)C(C)CC.[CH-]=O.[CH-]=O.[Ru+6]. The summed E-state index contributed by atoms with van der Waals surface area (Å²) < 4.78 is 0. The molecule has 4 atom stereocenters. The molecule has 0 aliphatic rings. The number of rotatable bonds is 14. The van der Waals surface area contributed by atoms with E-state index in [2.05, 4.69) is 90.2 Å². The van der Waals surface area contributed by atoms with Crippen LogP contribution in [0.25, 0.3) is 21.3 Å². The van der Waals surface area contributed by atoms with Crippen molar-refractivity contribution in [1.29, 1.82) is 0 Å². The largest absolute Gasteiger partial charge is 6.00 e. The molecule has 4 unspecified atom stereocenters. The maximum Gasteiger partial charge on any atom is 6.00 e. The van der Waals surface area contributed by atoms with Crippen LogP contribution >= 0.6 is 0 Å². The molecular weight excluding hydrogens is 453 g/mol. The zero-order chi connectivity index (χ0) is 22.8. The van der Waals surface area contributed by atoms with Crippen LogP contribution in [0.5, 0.6) is 0 Å². The van der Waals surface area contributed by atoms with Crippen molar-refractivity contribution < 1.29 is 29.1 Å². The summed E-state index contributed by atoms with van der Waals surface area (Å²) in [6, 6.07) is 0. The number of carbonyl (C=O) groups excluding carboxylic acids is 2. The second kappa shape index (κ2) is 35.3. The van der Waals surface area contributed by atoms with Crippen LogP contribution < -0.4 is 0 Å². The molecule has 0 saturated carbocycles. The van der Waals surface area contributed by atoms with E-state index >= 15 is 0 Å². The molecule has 0 N–H and O–H groups in total. The summed E-state index contributed by atoms with van der Waals surface area (Å²) in [5.74, 6) is 1.22. The molecule has 0 amide bonds. The van der Waals surface area contributed by atoms with Crippen LogP contribution in [0.4, 0.5) is 0 Å². The molecule has 0 aliphatic heterocycles. The van der Waals surface area contributed by atoms with Gasteiger partial charge in [-0.05, 0) is 0 Å². The Morgan fingerprint density at radius 3 is 1.03 bits per heavy atom. The van der Waals surface area contributed by atoms with Gasteiger partial charge in [-0.3, -0.25) is 13.6 Å². The monoisotopic (exact) mass is 500 g/mol. The Morgan fingerprint density at radius 1 is 0.586 bits per heavy atom. The zero-order valence-electron chi connectivity index (χ0n) is 20.1. The van der Waals surface area contributed by atoms with E-state index in [0.717, 1.165) is 39.0 Å². The van der Waals surface area contributed by atoms with Gasteiger partial charge in [-0.25, -0.2) is 12.3 Å². The Hall–Kier alpha value is -0.197. The fourth-order valence-electron chi connectivity index (χ4n) is 2.15. The molecule has 0 aliphatic carbocycles. The minimum atomic E-state index is 0. The molecule has 0 fully saturated rings. The molecular formula is C22H46N4O2Ru. The van der Waals surface area contributed by atoms with Crippen molar-refractivity contribution in [3.63, 3.8) is 0 Å². The van der Waals surface area contributed by atoms with E-state index in [1.54, 1.807) is 0 Å². The first-order valence-corrected chi connectivity index (χ1v) is 10.6. The van der Waals surface area contributed by atoms with Crippen LogP contribution in [0, 0.1) is 11.8 Å². The molecule has 7 heteroatoms. The molecule has 0 spiro atoms. The van der Waals surface area contributed by atoms with Gasteiger partial charge in [0.25, 0.3) is 0 Å². The minimum Gasteiger partial charge on any atom is -0.678 e. The second-order valence-electron chi connectivity index (χ2n) is 6.41. The average Bonchev–Trinajstić information content (AvgIpc) is 2.76. The van der Waals surface area contributed by atoms with Crippen molar-refractivity contribution >= 4 is 13.6 Å². The molecule has 0 saturated heterocycles. The topological polar surface area (TPSA) is 90.5 Å². The van der Waals surface area contributed by atoms with Crippen LogP contribution in [-0.2, 0) is 29.1 Å². The standard InChI is InChI=1S/2C10H22N2.2CHO.Ru/c2*1-5-8-12-10(11-7-3)9(4)6-2;2*1-2;/h2*9-10H,5-8H2,1-4H3;2*1H;/q2*-2;2*-1;+6. The zero-order valence-corrected chi connectivity index (χ0v) is 21.8. The maximum absolute atomic E-state index is 7.75. The third-order valence-electron chi connectivity index (χ3n) is 4.12. The van der Waals surface area contributed by atoms with E-state index in [4.69, 9.17) is 9.59 Å². The summed E-state index contributed by atoms with van der Waals surface area (Å²) in [4.78, 5) is 15.5.